The maximum atomic E-state index is 14.4. The molecule has 0 aromatic carbocycles. The minimum atomic E-state index is -1.12. The maximum Gasteiger partial charge on any atom is 0.408 e. The number of ether oxygens (including phenoxy) is 1. The van der Waals surface area contributed by atoms with Gasteiger partial charge in [0.2, 0.25) is 29.4 Å². The van der Waals surface area contributed by atoms with Gasteiger partial charge in [0.15, 0.2) is 0 Å². The Labute approximate surface area is 295 Å². The molecule has 1 saturated heterocycles. The Bertz CT molecular complexity index is 1320. The van der Waals surface area contributed by atoms with Crippen LogP contribution in [-0.2, 0) is 33.5 Å². The molecule has 14 nitrogen and oxygen atoms in total. The largest absolute Gasteiger partial charge is 0.444 e. The molecule has 0 bridgehead atoms. The second kappa shape index (κ2) is 16.1. The summed E-state index contributed by atoms with van der Waals surface area (Å²) >= 11 is 0. The van der Waals surface area contributed by atoms with Crippen LogP contribution in [0.3, 0.4) is 0 Å². The molecule has 0 aromatic rings. The molecule has 0 spiro atoms. The molecule has 280 valence electrons. The number of hydrogen-bond acceptors (Lipinski definition) is 8. The first-order valence-corrected chi connectivity index (χ1v) is 18.3. The minimum absolute atomic E-state index is 0.0753. The van der Waals surface area contributed by atoms with Crippen molar-refractivity contribution in [2.45, 2.75) is 123 Å². The van der Waals surface area contributed by atoms with E-state index in [-0.39, 0.29) is 60.3 Å². The van der Waals surface area contributed by atoms with E-state index in [1.807, 2.05) is 0 Å². The zero-order valence-electron chi connectivity index (χ0n) is 30.9. The SMILES string of the molecule is CN(C)C(=O)CCNC(=O)CNC(=O)C(=O)C(CC1CCC1)NC(=O)[C@@H]1[C@@H]2[C@H](CN1C(=O)[C@@H](NC(=O)OC(C)(C)C)C1CCCCC1)C2(C)C. The third-order valence-electron chi connectivity index (χ3n) is 11.0. The molecule has 1 heterocycles. The van der Waals surface area contributed by atoms with E-state index in [0.29, 0.717) is 6.54 Å². The van der Waals surface area contributed by atoms with Crippen molar-refractivity contribution >= 4 is 41.4 Å². The standard InChI is InChI=1S/C36H58N6O8/c1-35(2,3)50-34(49)40-28(22-14-9-8-10-15-22)33(48)42-20-23-27(36(23,4)5)29(42)31(46)39-24(18-21-12-11-13-21)30(45)32(47)38-19-25(43)37-17-16-26(44)41(6)7/h21-24,27-29H,8-20H2,1-7H3,(H,37,43)(H,38,47)(H,39,46)(H,40,49)/t23-,24?,27-,28-,29-/m0/s1. The van der Waals surface area contributed by atoms with Gasteiger partial charge in [0.1, 0.15) is 17.7 Å². The summed E-state index contributed by atoms with van der Waals surface area (Å²) in [4.78, 5) is 95.0. The van der Waals surface area contributed by atoms with Crippen LogP contribution in [0.4, 0.5) is 4.79 Å². The van der Waals surface area contributed by atoms with Gasteiger partial charge in [-0.1, -0.05) is 52.4 Å². The smallest absolute Gasteiger partial charge is 0.408 e. The Morgan fingerprint density at radius 3 is 2.14 bits per heavy atom. The van der Waals surface area contributed by atoms with Crippen LogP contribution in [-0.4, -0.2) is 109 Å². The van der Waals surface area contributed by atoms with Crippen molar-refractivity contribution < 1.29 is 38.3 Å². The zero-order valence-corrected chi connectivity index (χ0v) is 30.9. The van der Waals surface area contributed by atoms with E-state index in [9.17, 15) is 33.6 Å². The van der Waals surface area contributed by atoms with Crippen molar-refractivity contribution in [3.05, 3.63) is 0 Å². The van der Waals surface area contributed by atoms with E-state index in [1.165, 1.54) is 4.90 Å². The molecule has 4 N–H and O–H groups in total. The highest BCUT2D eigenvalue weighted by Crippen LogP contribution is 2.65. The number of carbonyl (C=O) groups excluding carboxylic acids is 7. The number of carbonyl (C=O) groups is 7. The van der Waals surface area contributed by atoms with Gasteiger partial charge in [-0.15, -0.1) is 0 Å². The molecule has 4 rings (SSSR count). The van der Waals surface area contributed by atoms with Crippen LogP contribution in [0.15, 0.2) is 0 Å². The Morgan fingerprint density at radius 1 is 0.900 bits per heavy atom. The van der Waals surface area contributed by atoms with Gasteiger partial charge >= 0.3 is 6.09 Å². The highest BCUT2D eigenvalue weighted by atomic mass is 16.6. The van der Waals surface area contributed by atoms with Gasteiger partial charge < -0.3 is 35.8 Å². The lowest BCUT2D eigenvalue weighted by Gasteiger charge is -2.37. The van der Waals surface area contributed by atoms with Crippen LogP contribution in [0, 0.1) is 29.1 Å². The molecule has 6 amide bonds. The van der Waals surface area contributed by atoms with Gasteiger partial charge in [-0.05, 0) is 69.1 Å². The molecule has 0 radical (unpaired) electrons. The fraction of sp³-hybridized carbons (Fsp3) is 0.806. The van der Waals surface area contributed by atoms with E-state index in [0.717, 1.165) is 51.4 Å². The minimum Gasteiger partial charge on any atom is -0.444 e. The van der Waals surface area contributed by atoms with Gasteiger partial charge in [0.05, 0.1) is 12.6 Å². The van der Waals surface area contributed by atoms with Crippen LogP contribution in [0.2, 0.25) is 0 Å². The Hall–Kier alpha value is -3.71. The Kier molecular flexibility index (Phi) is 12.6. The second-order valence-corrected chi connectivity index (χ2v) is 16.4. The number of likely N-dealkylation sites (tertiary alicyclic amines) is 1. The lowest BCUT2D eigenvalue weighted by atomic mass is 9.80. The average molecular weight is 703 g/mol. The molecular weight excluding hydrogens is 644 g/mol. The summed E-state index contributed by atoms with van der Waals surface area (Å²) in [6.45, 7) is 9.38. The lowest BCUT2D eigenvalue weighted by molar-refractivity contribution is -0.145. The molecular formula is C36H58N6O8. The number of piperidine rings is 1. The molecule has 14 heteroatoms. The van der Waals surface area contributed by atoms with Gasteiger partial charge in [-0.25, -0.2) is 4.79 Å². The maximum absolute atomic E-state index is 14.4. The molecule has 5 atom stereocenters. The summed E-state index contributed by atoms with van der Waals surface area (Å²) in [5, 5.41) is 10.6. The summed E-state index contributed by atoms with van der Waals surface area (Å²) < 4.78 is 5.52. The summed E-state index contributed by atoms with van der Waals surface area (Å²) in [5.74, 6) is -3.38. The van der Waals surface area contributed by atoms with Crippen molar-refractivity contribution in [3.8, 4) is 0 Å². The number of amides is 6. The Morgan fingerprint density at radius 2 is 1.56 bits per heavy atom. The van der Waals surface area contributed by atoms with Crippen LogP contribution < -0.4 is 21.3 Å². The van der Waals surface area contributed by atoms with Crippen molar-refractivity contribution in [2.24, 2.45) is 29.1 Å². The van der Waals surface area contributed by atoms with E-state index in [4.69, 9.17) is 4.74 Å². The van der Waals surface area contributed by atoms with E-state index < -0.39 is 59.9 Å². The first-order valence-electron chi connectivity index (χ1n) is 18.3. The van der Waals surface area contributed by atoms with Crippen molar-refractivity contribution in [1.82, 2.24) is 31.1 Å². The monoisotopic (exact) mass is 702 g/mol. The normalized spacial score (nSPS) is 24.1. The van der Waals surface area contributed by atoms with Crippen molar-refractivity contribution in [1.29, 1.82) is 0 Å². The number of fused-ring (bicyclic) bond motifs is 1. The van der Waals surface area contributed by atoms with E-state index in [1.54, 1.807) is 39.8 Å². The molecule has 3 saturated carbocycles. The molecule has 50 heavy (non-hydrogen) atoms. The third kappa shape index (κ3) is 9.74. The number of nitrogens with zero attached hydrogens (tertiary/aromatic N) is 2. The molecule has 4 fully saturated rings. The summed E-state index contributed by atoms with van der Waals surface area (Å²) in [6, 6.07) is -2.85. The van der Waals surface area contributed by atoms with Crippen LogP contribution in [0.1, 0.15) is 98.8 Å². The molecule has 3 aliphatic carbocycles. The summed E-state index contributed by atoms with van der Waals surface area (Å²) in [5.41, 5.74) is -0.955. The van der Waals surface area contributed by atoms with Crippen molar-refractivity contribution in [3.63, 3.8) is 0 Å². The van der Waals surface area contributed by atoms with Gasteiger partial charge in [-0.3, -0.25) is 28.8 Å². The number of hydrogen-bond donors (Lipinski definition) is 4. The fourth-order valence-corrected chi connectivity index (χ4v) is 7.83. The van der Waals surface area contributed by atoms with Gasteiger partial charge in [-0.2, -0.15) is 0 Å². The first-order chi connectivity index (χ1) is 23.4. The van der Waals surface area contributed by atoms with Gasteiger partial charge in [0.25, 0.3) is 5.91 Å². The first kappa shape index (κ1) is 39.1. The molecule has 1 unspecified atom stereocenters. The molecule has 1 aliphatic heterocycles. The number of rotatable bonds is 14. The quantitative estimate of drug-likeness (QED) is 0.198. The zero-order chi connectivity index (χ0) is 37.0. The number of alkyl carbamates (subject to hydrolysis) is 1. The predicted molar refractivity (Wildman–Crippen MR) is 184 cm³/mol. The molecule has 4 aliphatic rings. The van der Waals surface area contributed by atoms with Crippen LogP contribution in [0.25, 0.3) is 0 Å². The second-order valence-electron chi connectivity index (χ2n) is 16.4. The number of Topliss-reactive ketones (excluding diaryl/α,β-unsaturated/α-hetero) is 1. The summed E-state index contributed by atoms with van der Waals surface area (Å²) in [7, 11) is 3.22. The highest BCUT2D eigenvalue weighted by molar-refractivity contribution is 6.38. The topological polar surface area (TPSA) is 183 Å². The van der Waals surface area contributed by atoms with E-state index in [2.05, 4.69) is 35.1 Å². The van der Waals surface area contributed by atoms with E-state index >= 15 is 0 Å². The predicted octanol–water partition coefficient (Wildman–Crippen LogP) is 1.90. The van der Waals surface area contributed by atoms with Crippen LogP contribution in [0.5, 0.6) is 0 Å². The number of ketones is 1. The summed E-state index contributed by atoms with van der Waals surface area (Å²) in [6.07, 6.45) is 6.93. The lowest BCUT2D eigenvalue weighted by Crippen LogP contribution is -2.60. The van der Waals surface area contributed by atoms with Crippen molar-refractivity contribution in [2.75, 3.05) is 33.7 Å². The van der Waals surface area contributed by atoms with Crippen LogP contribution >= 0.6 is 0 Å². The third-order valence-corrected chi connectivity index (χ3v) is 11.0. The molecule has 0 aromatic heterocycles. The number of nitrogens with one attached hydrogen (secondary N) is 4. The Balaban J connectivity index is 1.46. The average Bonchev–Trinajstić information content (AvgIpc) is 3.32. The van der Waals surface area contributed by atoms with Gasteiger partial charge in [0, 0.05) is 33.6 Å². The highest BCUT2D eigenvalue weighted by Gasteiger charge is 2.69. The fourth-order valence-electron chi connectivity index (χ4n) is 7.83.